The lowest BCUT2D eigenvalue weighted by Gasteiger charge is -2.22. The summed E-state index contributed by atoms with van der Waals surface area (Å²) in [5, 5.41) is 3.50. The van der Waals surface area contributed by atoms with Crippen LogP contribution in [0.25, 0.3) is 0 Å². The van der Waals surface area contributed by atoms with Gasteiger partial charge in [0, 0.05) is 23.8 Å². The first-order valence-electron chi connectivity index (χ1n) is 6.42. The molecule has 0 bridgehead atoms. The maximum Gasteiger partial charge on any atom is 0.138 e. The Morgan fingerprint density at radius 1 is 1.33 bits per heavy atom. The van der Waals surface area contributed by atoms with Crippen LogP contribution >= 0.6 is 11.8 Å². The van der Waals surface area contributed by atoms with Crippen LogP contribution < -0.4 is 5.32 Å². The molecule has 1 heterocycles. The van der Waals surface area contributed by atoms with Crippen LogP contribution in [0.1, 0.15) is 57.6 Å². The number of aromatic nitrogens is 2. The Hall–Kier alpha value is -0.610. The van der Waals surface area contributed by atoms with Gasteiger partial charge in [0.1, 0.15) is 5.82 Å². The average Bonchev–Trinajstić information content (AvgIpc) is 2.26. The highest BCUT2D eigenvalue weighted by atomic mass is 32.2. The fourth-order valence-electron chi connectivity index (χ4n) is 1.65. The highest BCUT2D eigenvalue weighted by molar-refractivity contribution is 7.97. The van der Waals surface area contributed by atoms with Gasteiger partial charge in [0.2, 0.25) is 0 Å². The molecule has 1 aromatic heterocycles. The van der Waals surface area contributed by atoms with Gasteiger partial charge < -0.3 is 5.32 Å². The number of hydrogen-bond donors (Lipinski definition) is 1. The molecule has 1 rings (SSSR count). The second-order valence-corrected chi connectivity index (χ2v) is 6.75. The van der Waals surface area contributed by atoms with Crippen LogP contribution in [0.3, 0.4) is 0 Å². The van der Waals surface area contributed by atoms with E-state index < -0.39 is 0 Å². The summed E-state index contributed by atoms with van der Waals surface area (Å²) in [6, 6.07) is 0. The monoisotopic (exact) mass is 267 g/mol. The van der Waals surface area contributed by atoms with Crippen molar-refractivity contribution in [2.24, 2.45) is 0 Å². The Kier molecular flexibility index (Phi) is 5.60. The molecular weight excluding hydrogens is 242 g/mol. The fourth-order valence-corrected chi connectivity index (χ4v) is 2.05. The molecule has 0 saturated heterocycles. The first-order chi connectivity index (χ1) is 8.33. The zero-order valence-electron chi connectivity index (χ0n) is 12.4. The van der Waals surface area contributed by atoms with E-state index in [0.29, 0.717) is 5.92 Å². The van der Waals surface area contributed by atoms with Gasteiger partial charge >= 0.3 is 0 Å². The van der Waals surface area contributed by atoms with Gasteiger partial charge in [-0.15, -0.1) is 0 Å². The van der Waals surface area contributed by atoms with E-state index in [9.17, 15) is 0 Å². The molecule has 0 fully saturated rings. The second-order valence-electron chi connectivity index (χ2n) is 5.89. The van der Waals surface area contributed by atoms with Gasteiger partial charge in [0.25, 0.3) is 0 Å². The van der Waals surface area contributed by atoms with E-state index >= 15 is 0 Å². The molecule has 0 atom stereocenters. The third kappa shape index (κ3) is 4.94. The largest absolute Gasteiger partial charge is 0.308 e. The number of thioether (sulfide) groups is 1. The molecule has 18 heavy (non-hydrogen) atoms. The third-order valence-corrected chi connectivity index (χ3v) is 3.12. The Morgan fingerprint density at radius 3 is 2.50 bits per heavy atom. The van der Waals surface area contributed by atoms with Crippen molar-refractivity contribution < 1.29 is 0 Å². The van der Waals surface area contributed by atoms with E-state index in [4.69, 9.17) is 4.98 Å². The first-order valence-corrected chi connectivity index (χ1v) is 7.81. The van der Waals surface area contributed by atoms with E-state index in [1.807, 2.05) is 6.20 Å². The van der Waals surface area contributed by atoms with Gasteiger partial charge in [-0.1, -0.05) is 13.8 Å². The quantitative estimate of drug-likeness (QED) is 0.888. The summed E-state index contributed by atoms with van der Waals surface area (Å²) in [4.78, 5) is 9.13. The van der Waals surface area contributed by atoms with Crippen molar-refractivity contribution in [3.05, 3.63) is 23.3 Å². The van der Waals surface area contributed by atoms with Gasteiger partial charge in [-0.2, -0.15) is 11.8 Å². The summed E-state index contributed by atoms with van der Waals surface area (Å²) >= 11 is 1.76. The summed E-state index contributed by atoms with van der Waals surface area (Å²) in [5.74, 6) is 2.25. The molecule has 1 N–H and O–H groups in total. The Morgan fingerprint density at radius 2 is 2.00 bits per heavy atom. The molecule has 0 saturated carbocycles. The highest BCUT2D eigenvalue weighted by Gasteiger charge is 2.14. The minimum atomic E-state index is 0.117. The Bertz CT molecular complexity index is 383. The van der Waals surface area contributed by atoms with E-state index in [-0.39, 0.29) is 5.54 Å². The molecule has 0 aliphatic rings. The van der Waals surface area contributed by atoms with Gasteiger partial charge in [-0.05, 0) is 32.9 Å². The number of nitrogens with zero attached hydrogens (tertiary/aromatic N) is 2. The summed E-state index contributed by atoms with van der Waals surface area (Å²) in [7, 11) is 0. The SMILES string of the molecule is CSCc1ncc(CNC(C)(C)C)c(C(C)C)n1. The lowest BCUT2D eigenvalue weighted by molar-refractivity contribution is 0.422. The van der Waals surface area contributed by atoms with Crippen LogP contribution in [0, 0.1) is 0 Å². The van der Waals surface area contributed by atoms with Gasteiger partial charge in [0.05, 0.1) is 11.4 Å². The average molecular weight is 267 g/mol. The predicted molar refractivity (Wildman–Crippen MR) is 79.9 cm³/mol. The fraction of sp³-hybridized carbons (Fsp3) is 0.714. The van der Waals surface area contributed by atoms with Crippen molar-refractivity contribution in [1.82, 2.24) is 15.3 Å². The lowest BCUT2D eigenvalue weighted by Crippen LogP contribution is -2.35. The molecule has 4 heteroatoms. The normalized spacial score (nSPS) is 12.2. The molecule has 0 aromatic carbocycles. The van der Waals surface area contributed by atoms with Crippen LogP contribution in [0.5, 0.6) is 0 Å². The van der Waals surface area contributed by atoms with Crippen LogP contribution in [-0.2, 0) is 12.3 Å². The Balaban J connectivity index is 2.90. The zero-order valence-corrected chi connectivity index (χ0v) is 13.2. The summed E-state index contributed by atoms with van der Waals surface area (Å²) in [5.41, 5.74) is 2.50. The molecule has 0 aliphatic carbocycles. The molecule has 0 spiro atoms. The summed E-state index contributed by atoms with van der Waals surface area (Å²) in [6.45, 7) is 11.7. The zero-order chi connectivity index (χ0) is 13.8. The number of nitrogens with one attached hydrogen (secondary N) is 1. The lowest BCUT2D eigenvalue weighted by atomic mass is 10.0. The van der Waals surface area contributed by atoms with Crippen molar-refractivity contribution >= 4 is 11.8 Å². The van der Waals surface area contributed by atoms with Gasteiger partial charge in [0.15, 0.2) is 0 Å². The molecule has 102 valence electrons. The van der Waals surface area contributed by atoms with E-state index in [2.05, 4.69) is 51.2 Å². The van der Waals surface area contributed by atoms with Crippen LogP contribution in [0.4, 0.5) is 0 Å². The van der Waals surface area contributed by atoms with Crippen LogP contribution in [-0.4, -0.2) is 21.8 Å². The molecule has 0 aliphatic heterocycles. The van der Waals surface area contributed by atoms with Gasteiger partial charge in [-0.3, -0.25) is 0 Å². The smallest absolute Gasteiger partial charge is 0.138 e. The Labute approximate surface area is 115 Å². The van der Waals surface area contributed by atoms with Crippen molar-refractivity contribution in [1.29, 1.82) is 0 Å². The van der Waals surface area contributed by atoms with Crippen LogP contribution in [0.2, 0.25) is 0 Å². The molecule has 0 amide bonds. The number of hydrogen-bond acceptors (Lipinski definition) is 4. The second kappa shape index (κ2) is 6.53. The van der Waals surface area contributed by atoms with Crippen molar-refractivity contribution in [2.45, 2.75) is 58.4 Å². The highest BCUT2D eigenvalue weighted by Crippen LogP contribution is 2.18. The predicted octanol–water partition coefficient (Wildman–Crippen LogP) is 3.35. The van der Waals surface area contributed by atoms with Crippen molar-refractivity contribution in [3.63, 3.8) is 0 Å². The standard InChI is InChI=1S/C14H25N3S/c1-10(2)13-11(8-16-14(3,4)5)7-15-12(17-13)9-18-6/h7,10,16H,8-9H2,1-6H3. The van der Waals surface area contributed by atoms with Crippen molar-refractivity contribution in [3.8, 4) is 0 Å². The van der Waals surface area contributed by atoms with E-state index in [1.54, 1.807) is 11.8 Å². The molecule has 0 radical (unpaired) electrons. The number of rotatable bonds is 5. The molecule has 0 unspecified atom stereocenters. The topological polar surface area (TPSA) is 37.8 Å². The minimum absolute atomic E-state index is 0.117. The third-order valence-electron chi connectivity index (χ3n) is 2.58. The molecule has 3 nitrogen and oxygen atoms in total. The maximum absolute atomic E-state index is 4.69. The van der Waals surface area contributed by atoms with Crippen molar-refractivity contribution in [2.75, 3.05) is 6.26 Å². The van der Waals surface area contributed by atoms with E-state index in [1.165, 1.54) is 11.3 Å². The van der Waals surface area contributed by atoms with Crippen LogP contribution in [0.15, 0.2) is 6.20 Å². The summed E-state index contributed by atoms with van der Waals surface area (Å²) in [6.07, 6.45) is 4.06. The van der Waals surface area contributed by atoms with E-state index in [0.717, 1.165) is 18.1 Å². The first kappa shape index (κ1) is 15.4. The molecule has 1 aromatic rings. The van der Waals surface area contributed by atoms with Gasteiger partial charge in [-0.25, -0.2) is 9.97 Å². The molecular formula is C14H25N3S. The summed E-state index contributed by atoms with van der Waals surface area (Å²) < 4.78 is 0. The maximum atomic E-state index is 4.69. The minimum Gasteiger partial charge on any atom is -0.308 e.